The highest BCUT2D eigenvalue weighted by molar-refractivity contribution is 6.06. The Morgan fingerprint density at radius 1 is 0.265 bits per heavy atom. The van der Waals surface area contributed by atoms with Gasteiger partial charge in [-0.2, -0.15) is 0 Å². The third-order valence-electron chi connectivity index (χ3n) is 8.95. The predicted molar refractivity (Wildman–Crippen MR) is 200 cm³/mol. The van der Waals surface area contributed by atoms with Gasteiger partial charge in [-0.25, -0.2) is 15.0 Å². The summed E-state index contributed by atoms with van der Waals surface area (Å²) < 4.78 is 6.48. The van der Waals surface area contributed by atoms with Crippen molar-refractivity contribution in [3.63, 3.8) is 0 Å². The second-order valence-corrected chi connectivity index (χ2v) is 12.1. The molecule has 0 saturated carbocycles. The van der Waals surface area contributed by atoms with E-state index >= 15 is 0 Å². The van der Waals surface area contributed by atoms with Gasteiger partial charge in [-0.3, -0.25) is 0 Å². The van der Waals surface area contributed by atoms with Gasteiger partial charge in [0.15, 0.2) is 17.5 Å². The van der Waals surface area contributed by atoms with Crippen molar-refractivity contribution in [2.45, 2.75) is 0 Å². The van der Waals surface area contributed by atoms with Gasteiger partial charge in [-0.15, -0.1) is 0 Å². The van der Waals surface area contributed by atoms with Crippen molar-refractivity contribution in [2.75, 3.05) is 0 Å². The summed E-state index contributed by atoms with van der Waals surface area (Å²) in [5, 5.41) is 2.13. The van der Waals surface area contributed by atoms with E-state index in [-0.39, 0.29) is 0 Å². The van der Waals surface area contributed by atoms with Gasteiger partial charge in [-0.05, 0) is 63.7 Å². The van der Waals surface area contributed by atoms with Crippen LogP contribution in [-0.2, 0) is 0 Å². The van der Waals surface area contributed by atoms with Gasteiger partial charge in [0.2, 0.25) is 0 Å². The van der Waals surface area contributed by atoms with E-state index in [1.807, 2.05) is 72.8 Å². The SMILES string of the molecule is c1ccc(-c2cccc(-c3ccc(-c4ccc5c(c4)oc4cc(-c6nc(-c7ccccc7)nc(-c7ccccc7)n6)ccc45)cc3)c2)cc1. The molecule has 49 heavy (non-hydrogen) atoms. The Morgan fingerprint density at radius 2 is 0.612 bits per heavy atom. The number of rotatable bonds is 6. The second kappa shape index (κ2) is 12.2. The number of fused-ring (bicyclic) bond motifs is 3. The lowest BCUT2D eigenvalue weighted by Crippen LogP contribution is -2.00. The zero-order valence-corrected chi connectivity index (χ0v) is 26.5. The van der Waals surface area contributed by atoms with E-state index < -0.39 is 0 Å². The van der Waals surface area contributed by atoms with Crippen LogP contribution in [0.5, 0.6) is 0 Å². The van der Waals surface area contributed by atoms with Crippen LogP contribution in [0, 0.1) is 0 Å². The van der Waals surface area contributed by atoms with E-state index in [9.17, 15) is 0 Å². The lowest BCUT2D eigenvalue weighted by molar-refractivity contribution is 0.669. The summed E-state index contributed by atoms with van der Waals surface area (Å²) in [5.74, 6) is 1.87. The van der Waals surface area contributed by atoms with Gasteiger partial charge >= 0.3 is 0 Å². The molecule has 9 rings (SSSR count). The lowest BCUT2D eigenvalue weighted by Gasteiger charge is -2.08. The first-order chi connectivity index (χ1) is 24.2. The zero-order valence-electron chi connectivity index (χ0n) is 26.5. The van der Waals surface area contributed by atoms with Crippen LogP contribution in [0.4, 0.5) is 0 Å². The highest BCUT2D eigenvalue weighted by Gasteiger charge is 2.15. The second-order valence-electron chi connectivity index (χ2n) is 12.1. The van der Waals surface area contributed by atoms with Crippen molar-refractivity contribution in [2.24, 2.45) is 0 Å². The minimum absolute atomic E-state index is 0.602. The Balaban J connectivity index is 1.05. The summed E-state index contributed by atoms with van der Waals surface area (Å²) in [7, 11) is 0. The van der Waals surface area contributed by atoms with Crippen molar-refractivity contribution >= 4 is 21.9 Å². The molecule has 0 unspecified atom stereocenters. The van der Waals surface area contributed by atoms with Crippen LogP contribution in [0.25, 0.3) is 89.5 Å². The standard InChI is InChI=1S/C45H29N3O/c1-4-11-30(12-5-1)35-17-10-18-36(27-35)31-19-21-32(22-20-31)37-23-25-39-40-26-24-38(29-42(40)49-41(39)28-37)45-47-43(33-13-6-2-7-14-33)46-44(48-45)34-15-8-3-9-16-34/h1-29H. The smallest absolute Gasteiger partial charge is 0.164 e. The normalized spacial score (nSPS) is 11.3. The predicted octanol–water partition coefficient (Wildman–Crippen LogP) is 11.8. The fraction of sp³-hybridized carbons (Fsp3) is 0. The Bertz CT molecular complexity index is 2520. The van der Waals surface area contributed by atoms with Crippen LogP contribution in [0.3, 0.4) is 0 Å². The summed E-state index contributed by atoms with van der Waals surface area (Å²) in [5.41, 5.74) is 11.4. The molecule has 4 nitrogen and oxygen atoms in total. The molecule has 0 spiro atoms. The van der Waals surface area contributed by atoms with Gasteiger partial charge in [0.25, 0.3) is 0 Å². The van der Waals surface area contributed by atoms with Crippen molar-refractivity contribution in [3.05, 3.63) is 176 Å². The number of benzene rings is 7. The van der Waals surface area contributed by atoms with Crippen molar-refractivity contribution < 1.29 is 4.42 Å². The molecular formula is C45H29N3O. The molecule has 0 saturated heterocycles. The van der Waals surface area contributed by atoms with E-state index in [0.29, 0.717) is 17.5 Å². The van der Waals surface area contributed by atoms with Crippen LogP contribution in [0.1, 0.15) is 0 Å². The van der Waals surface area contributed by atoms with Crippen LogP contribution in [0.2, 0.25) is 0 Å². The minimum Gasteiger partial charge on any atom is -0.456 e. The Labute approximate surface area is 284 Å². The topological polar surface area (TPSA) is 51.8 Å². The maximum Gasteiger partial charge on any atom is 0.164 e. The average Bonchev–Trinajstić information content (AvgIpc) is 3.56. The molecule has 0 N–H and O–H groups in total. The van der Waals surface area contributed by atoms with Crippen molar-refractivity contribution in [1.29, 1.82) is 0 Å². The maximum atomic E-state index is 6.48. The molecule has 0 aliphatic heterocycles. The molecule has 4 heteroatoms. The fourth-order valence-electron chi connectivity index (χ4n) is 6.40. The van der Waals surface area contributed by atoms with E-state index in [4.69, 9.17) is 19.4 Å². The molecule has 230 valence electrons. The number of hydrogen-bond acceptors (Lipinski definition) is 4. The van der Waals surface area contributed by atoms with E-state index in [2.05, 4.69) is 103 Å². The molecule has 0 radical (unpaired) electrons. The van der Waals surface area contributed by atoms with E-state index in [1.54, 1.807) is 0 Å². The first-order valence-corrected chi connectivity index (χ1v) is 16.4. The highest BCUT2D eigenvalue weighted by atomic mass is 16.3. The minimum atomic E-state index is 0.602. The molecule has 2 heterocycles. The number of hydrogen-bond donors (Lipinski definition) is 0. The van der Waals surface area contributed by atoms with Crippen LogP contribution in [0.15, 0.2) is 180 Å². The van der Waals surface area contributed by atoms with Gasteiger partial charge in [-0.1, -0.05) is 146 Å². The molecule has 0 atom stereocenters. The first-order valence-electron chi connectivity index (χ1n) is 16.4. The quantitative estimate of drug-likeness (QED) is 0.184. The van der Waals surface area contributed by atoms with Crippen molar-refractivity contribution in [1.82, 2.24) is 15.0 Å². The number of furan rings is 1. The highest BCUT2D eigenvalue weighted by Crippen LogP contribution is 2.35. The monoisotopic (exact) mass is 627 g/mol. The summed E-state index contributed by atoms with van der Waals surface area (Å²) in [4.78, 5) is 14.6. The molecule has 9 aromatic rings. The Kier molecular flexibility index (Phi) is 7.10. The summed E-state index contributed by atoms with van der Waals surface area (Å²) in [6.07, 6.45) is 0. The molecule has 0 fully saturated rings. The first kappa shape index (κ1) is 28.6. The molecule has 2 aromatic heterocycles. The van der Waals surface area contributed by atoms with Crippen LogP contribution < -0.4 is 0 Å². The fourth-order valence-corrected chi connectivity index (χ4v) is 6.40. The molecular weight excluding hydrogens is 599 g/mol. The molecule has 0 aliphatic rings. The van der Waals surface area contributed by atoms with Gasteiger partial charge in [0, 0.05) is 27.5 Å². The van der Waals surface area contributed by atoms with E-state index in [1.165, 1.54) is 22.3 Å². The van der Waals surface area contributed by atoms with Crippen LogP contribution in [-0.4, -0.2) is 15.0 Å². The maximum absolute atomic E-state index is 6.48. The van der Waals surface area contributed by atoms with Crippen LogP contribution >= 0.6 is 0 Å². The van der Waals surface area contributed by atoms with E-state index in [0.717, 1.165) is 49.8 Å². The Morgan fingerprint density at radius 3 is 1.12 bits per heavy atom. The van der Waals surface area contributed by atoms with Gasteiger partial charge < -0.3 is 4.42 Å². The molecule has 0 bridgehead atoms. The average molecular weight is 628 g/mol. The Hall–Kier alpha value is -6.65. The molecule has 7 aromatic carbocycles. The third-order valence-corrected chi connectivity index (χ3v) is 8.95. The zero-order chi connectivity index (χ0) is 32.6. The lowest BCUT2D eigenvalue weighted by atomic mass is 9.97. The third kappa shape index (κ3) is 5.56. The summed E-state index contributed by atoms with van der Waals surface area (Å²) in [6, 6.07) is 60.6. The summed E-state index contributed by atoms with van der Waals surface area (Å²) >= 11 is 0. The molecule has 0 aliphatic carbocycles. The summed E-state index contributed by atoms with van der Waals surface area (Å²) in [6.45, 7) is 0. The van der Waals surface area contributed by atoms with Crippen molar-refractivity contribution in [3.8, 4) is 67.5 Å². The van der Waals surface area contributed by atoms with Gasteiger partial charge in [0.1, 0.15) is 11.2 Å². The largest absolute Gasteiger partial charge is 0.456 e. The number of aromatic nitrogens is 3. The van der Waals surface area contributed by atoms with Gasteiger partial charge in [0.05, 0.1) is 0 Å². The molecule has 0 amide bonds. The number of nitrogens with zero attached hydrogens (tertiary/aromatic N) is 3.